The number of nitrogens with zero attached hydrogens (tertiary/aromatic N) is 4. The van der Waals surface area contributed by atoms with Gasteiger partial charge in [-0.25, -0.2) is 4.98 Å². The second-order valence-corrected chi connectivity index (χ2v) is 9.97. The van der Waals surface area contributed by atoms with Crippen molar-refractivity contribution < 1.29 is 4.79 Å². The number of aryl methyl sites for hydroxylation is 2. The minimum atomic E-state index is -0.106. The third kappa shape index (κ3) is 6.79. The van der Waals surface area contributed by atoms with Crippen molar-refractivity contribution in [3.63, 3.8) is 0 Å². The van der Waals surface area contributed by atoms with Crippen LogP contribution >= 0.6 is 34.7 Å². The molecule has 0 saturated heterocycles. The number of aromatic nitrogens is 4. The van der Waals surface area contributed by atoms with E-state index >= 15 is 0 Å². The Bertz CT molecular complexity index is 1000. The van der Waals surface area contributed by atoms with Crippen LogP contribution in [0.5, 0.6) is 0 Å². The summed E-state index contributed by atoms with van der Waals surface area (Å²) in [6, 6.07) is 7.54. The summed E-state index contributed by atoms with van der Waals surface area (Å²) in [7, 11) is 1.96. The van der Waals surface area contributed by atoms with Gasteiger partial charge in [-0.2, -0.15) is 0 Å². The third-order valence-electron chi connectivity index (χ3n) is 4.92. The zero-order valence-electron chi connectivity index (χ0n) is 18.2. The van der Waals surface area contributed by atoms with Gasteiger partial charge in [0.15, 0.2) is 10.3 Å². The maximum atomic E-state index is 12.4. The number of unbranched alkanes of at least 4 members (excludes halogenated alkanes) is 4. The Morgan fingerprint density at radius 3 is 2.65 bits per heavy atom. The van der Waals surface area contributed by atoms with Crippen LogP contribution in [0.4, 0.5) is 5.13 Å². The van der Waals surface area contributed by atoms with E-state index in [0.717, 1.165) is 40.0 Å². The van der Waals surface area contributed by atoms with Crippen LogP contribution in [0.1, 0.15) is 49.7 Å². The Morgan fingerprint density at radius 2 is 1.90 bits per heavy atom. The number of halogens is 1. The lowest BCUT2D eigenvalue weighted by Gasteiger charge is -2.04. The van der Waals surface area contributed by atoms with Gasteiger partial charge in [0, 0.05) is 28.9 Å². The van der Waals surface area contributed by atoms with Crippen molar-refractivity contribution >= 4 is 45.7 Å². The molecule has 6 nitrogen and oxygen atoms in total. The molecule has 0 unspecified atom stereocenters. The van der Waals surface area contributed by atoms with E-state index in [1.54, 1.807) is 0 Å². The molecule has 0 aliphatic carbocycles. The SMILES string of the molecule is CCCCCCCc1nnc(SCC(=O)Nc2nc(-c3ccc(Cl)cc3)c(C)s2)n1C. The average molecular weight is 478 g/mol. The van der Waals surface area contributed by atoms with Gasteiger partial charge in [-0.05, 0) is 25.5 Å². The molecule has 1 aromatic carbocycles. The topological polar surface area (TPSA) is 72.7 Å². The summed E-state index contributed by atoms with van der Waals surface area (Å²) in [6.07, 6.45) is 7.07. The number of benzene rings is 1. The minimum absolute atomic E-state index is 0.106. The maximum absolute atomic E-state index is 12.4. The first-order valence-corrected chi connectivity index (χ1v) is 12.7. The van der Waals surface area contributed by atoms with Crippen LogP contribution in [0.2, 0.25) is 5.02 Å². The molecule has 2 aromatic heterocycles. The van der Waals surface area contributed by atoms with Crippen molar-refractivity contribution in [3.05, 3.63) is 40.0 Å². The van der Waals surface area contributed by atoms with Crippen LogP contribution in [0.3, 0.4) is 0 Å². The van der Waals surface area contributed by atoms with Crippen LogP contribution < -0.4 is 5.32 Å². The first-order chi connectivity index (χ1) is 15.0. The fraction of sp³-hybridized carbons (Fsp3) is 0.455. The number of anilines is 1. The molecule has 0 fully saturated rings. The van der Waals surface area contributed by atoms with Gasteiger partial charge >= 0.3 is 0 Å². The summed E-state index contributed by atoms with van der Waals surface area (Å²) in [5.41, 5.74) is 1.84. The van der Waals surface area contributed by atoms with Crippen molar-refractivity contribution in [2.75, 3.05) is 11.1 Å². The molecular weight excluding hydrogens is 450 g/mol. The quantitative estimate of drug-likeness (QED) is 0.265. The number of hydrogen-bond acceptors (Lipinski definition) is 6. The second-order valence-electron chi connectivity index (χ2n) is 7.39. The van der Waals surface area contributed by atoms with Crippen LogP contribution in [0.15, 0.2) is 29.4 Å². The number of hydrogen-bond donors (Lipinski definition) is 1. The summed E-state index contributed by atoms with van der Waals surface area (Å²) >= 11 is 8.82. The van der Waals surface area contributed by atoms with Gasteiger partial charge in [-0.15, -0.1) is 21.5 Å². The standard InChI is InChI=1S/C22H28ClN5OS2/c1-4-5-6-7-8-9-18-26-27-22(28(18)3)30-14-19(29)24-21-25-20(15(2)31-21)16-10-12-17(23)13-11-16/h10-13H,4-9,14H2,1-3H3,(H,24,25,29). The highest BCUT2D eigenvalue weighted by Crippen LogP contribution is 2.31. The van der Waals surface area contributed by atoms with Gasteiger partial charge in [0.25, 0.3) is 0 Å². The fourth-order valence-electron chi connectivity index (χ4n) is 3.19. The van der Waals surface area contributed by atoms with E-state index in [1.807, 2.05) is 42.8 Å². The number of thioether (sulfide) groups is 1. The highest BCUT2D eigenvalue weighted by molar-refractivity contribution is 7.99. The van der Waals surface area contributed by atoms with Gasteiger partial charge in [0.1, 0.15) is 5.82 Å². The summed E-state index contributed by atoms with van der Waals surface area (Å²) in [4.78, 5) is 18.1. The monoisotopic (exact) mass is 477 g/mol. The van der Waals surface area contributed by atoms with Crippen molar-refractivity contribution in [2.45, 2.75) is 57.5 Å². The van der Waals surface area contributed by atoms with Crippen LogP contribution in [0.25, 0.3) is 11.3 Å². The third-order valence-corrected chi connectivity index (χ3v) is 7.08. The number of carbonyl (C=O) groups excluding carboxylic acids is 1. The van der Waals surface area contributed by atoms with E-state index in [2.05, 4.69) is 27.4 Å². The van der Waals surface area contributed by atoms with Crippen molar-refractivity contribution in [2.24, 2.45) is 7.05 Å². The Labute approximate surface area is 196 Å². The van der Waals surface area contributed by atoms with E-state index in [1.165, 1.54) is 48.8 Å². The molecule has 3 rings (SSSR count). The normalized spacial score (nSPS) is 11.1. The summed E-state index contributed by atoms with van der Waals surface area (Å²) in [5.74, 6) is 1.13. The molecule has 0 atom stereocenters. The van der Waals surface area contributed by atoms with Crippen molar-refractivity contribution in [1.29, 1.82) is 0 Å². The predicted octanol–water partition coefficient (Wildman–Crippen LogP) is 6.14. The van der Waals surface area contributed by atoms with Crippen molar-refractivity contribution in [3.8, 4) is 11.3 Å². The van der Waals surface area contributed by atoms with Crippen LogP contribution in [-0.4, -0.2) is 31.4 Å². The lowest BCUT2D eigenvalue weighted by atomic mass is 10.1. The van der Waals surface area contributed by atoms with E-state index in [4.69, 9.17) is 11.6 Å². The summed E-state index contributed by atoms with van der Waals surface area (Å²) in [5, 5.41) is 13.5. The van der Waals surface area contributed by atoms with E-state index < -0.39 is 0 Å². The van der Waals surface area contributed by atoms with Gasteiger partial charge < -0.3 is 9.88 Å². The fourth-order valence-corrected chi connectivity index (χ4v) is 4.89. The molecule has 166 valence electrons. The Kier molecular flexibility index (Phi) is 8.92. The molecule has 2 heterocycles. The predicted molar refractivity (Wildman–Crippen MR) is 130 cm³/mol. The second kappa shape index (κ2) is 11.6. The Morgan fingerprint density at radius 1 is 1.16 bits per heavy atom. The molecule has 31 heavy (non-hydrogen) atoms. The van der Waals surface area contributed by atoms with Crippen LogP contribution in [-0.2, 0) is 18.3 Å². The number of rotatable bonds is 11. The summed E-state index contributed by atoms with van der Waals surface area (Å²) < 4.78 is 1.99. The Hall–Kier alpha value is -1.90. The highest BCUT2D eigenvalue weighted by Gasteiger charge is 2.14. The minimum Gasteiger partial charge on any atom is -0.309 e. The lowest BCUT2D eigenvalue weighted by molar-refractivity contribution is -0.113. The largest absolute Gasteiger partial charge is 0.309 e. The van der Waals surface area contributed by atoms with Gasteiger partial charge in [0.2, 0.25) is 5.91 Å². The van der Waals surface area contributed by atoms with Gasteiger partial charge in [-0.3, -0.25) is 4.79 Å². The molecule has 0 spiro atoms. The lowest BCUT2D eigenvalue weighted by Crippen LogP contribution is -2.14. The molecule has 3 aromatic rings. The van der Waals surface area contributed by atoms with Crippen molar-refractivity contribution in [1.82, 2.24) is 19.7 Å². The molecule has 0 aliphatic heterocycles. The average Bonchev–Trinajstić information content (AvgIpc) is 3.29. The molecule has 0 aliphatic rings. The smallest absolute Gasteiger partial charge is 0.236 e. The highest BCUT2D eigenvalue weighted by atomic mass is 35.5. The van der Waals surface area contributed by atoms with Crippen LogP contribution in [0, 0.1) is 6.92 Å². The first kappa shape index (κ1) is 23.8. The zero-order valence-corrected chi connectivity index (χ0v) is 20.5. The zero-order chi connectivity index (χ0) is 22.2. The number of carbonyl (C=O) groups is 1. The van der Waals surface area contributed by atoms with E-state index in [0.29, 0.717) is 10.2 Å². The molecule has 0 radical (unpaired) electrons. The van der Waals surface area contributed by atoms with Gasteiger partial charge in [0.05, 0.1) is 11.4 Å². The molecule has 1 N–H and O–H groups in total. The Balaban J connectivity index is 1.51. The summed E-state index contributed by atoms with van der Waals surface area (Å²) in [6.45, 7) is 4.21. The van der Waals surface area contributed by atoms with Gasteiger partial charge in [-0.1, -0.05) is 68.1 Å². The first-order valence-electron chi connectivity index (χ1n) is 10.5. The number of thiazole rings is 1. The number of amides is 1. The number of nitrogens with one attached hydrogen (secondary N) is 1. The maximum Gasteiger partial charge on any atom is 0.236 e. The molecular formula is C22H28ClN5OS2. The van der Waals surface area contributed by atoms with E-state index in [-0.39, 0.29) is 11.7 Å². The molecule has 9 heteroatoms. The molecule has 0 saturated carbocycles. The molecule has 1 amide bonds. The molecule has 0 bridgehead atoms. The van der Waals surface area contributed by atoms with E-state index in [9.17, 15) is 4.79 Å².